The van der Waals surface area contributed by atoms with Crippen LogP contribution in [-0.4, -0.2) is 29.9 Å². The third kappa shape index (κ3) is 4.46. The highest BCUT2D eigenvalue weighted by Gasteiger charge is 2.45. The van der Waals surface area contributed by atoms with E-state index in [9.17, 15) is 30.7 Å². The Morgan fingerprint density at radius 1 is 1.10 bits per heavy atom. The predicted molar refractivity (Wildman–Crippen MR) is 57.0 cm³/mol. The van der Waals surface area contributed by atoms with Gasteiger partial charge in [0.15, 0.2) is 6.10 Å². The monoisotopic (exact) mass is 321 g/mol. The molecule has 2 atom stereocenters. The first-order valence-corrected chi connectivity index (χ1v) is 5.40. The summed E-state index contributed by atoms with van der Waals surface area (Å²) in [6.45, 7) is 0. The molecule has 0 saturated carbocycles. The molecule has 0 fully saturated rings. The summed E-state index contributed by atoms with van der Waals surface area (Å²) in [4.78, 5) is 0. The van der Waals surface area contributed by atoms with Gasteiger partial charge in [0, 0.05) is 0 Å². The highest BCUT2D eigenvalue weighted by atomic mass is 19.4. The van der Waals surface area contributed by atoms with Gasteiger partial charge in [0.2, 0.25) is 0 Å². The normalized spacial score (nSPS) is 15.9. The van der Waals surface area contributed by atoms with Gasteiger partial charge in [0.25, 0.3) is 0 Å². The van der Waals surface area contributed by atoms with E-state index in [1.807, 2.05) is 0 Å². The maximum Gasteiger partial charge on any atom is 0.461 e. The number of rotatable bonds is 5. The van der Waals surface area contributed by atoms with Crippen LogP contribution in [0.2, 0.25) is 0 Å². The molecule has 3 nitrogen and oxygen atoms in total. The van der Waals surface area contributed by atoms with Crippen molar-refractivity contribution in [1.29, 1.82) is 0 Å². The molecule has 1 aromatic carbocycles. The molecule has 0 aromatic heterocycles. The molecule has 1 aromatic rings. The molecule has 0 radical (unpaired) electrons. The van der Waals surface area contributed by atoms with E-state index in [-0.39, 0.29) is 0 Å². The number of alkyl halides is 7. The summed E-state index contributed by atoms with van der Waals surface area (Å²) < 4.78 is 89.8. The maximum atomic E-state index is 12.7. The van der Waals surface area contributed by atoms with E-state index in [1.54, 1.807) is 0 Å². The smallest absolute Gasteiger partial charge is 0.428 e. The Balaban J connectivity index is 2.96. The minimum atomic E-state index is -5.02. The molecule has 3 N–H and O–H groups in total. The number of hydrogen-bond donors (Lipinski definition) is 2. The van der Waals surface area contributed by atoms with Crippen LogP contribution in [0.3, 0.4) is 0 Å². The molecule has 0 aliphatic rings. The third-order valence-corrected chi connectivity index (χ3v) is 2.43. The minimum absolute atomic E-state index is 0.401. The summed E-state index contributed by atoms with van der Waals surface area (Å²) in [5.41, 5.74) is 4.76. The van der Waals surface area contributed by atoms with Crippen molar-refractivity contribution in [2.75, 3.05) is 0 Å². The number of halogens is 7. The molecular formula is C11H10F7NO2. The molecule has 0 amide bonds. The SMILES string of the molecule is N[C@@H](c1cccc(OC(F)(F)C(F)F)c1)[C@H](O)C(F)(F)F. The van der Waals surface area contributed by atoms with Gasteiger partial charge < -0.3 is 15.6 Å². The molecule has 10 heteroatoms. The predicted octanol–water partition coefficient (Wildman–Crippen LogP) is 2.85. The van der Waals surface area contributed by atoms with E-state index >= 15 is 0 Å². The zero-order valence-corrected chi connectivity index (χ0v) is 10.1. The van der Waals surface area contributed by atoms with Gasteiger partial charge in [-0.3, -0.25) is 0 Å². The van der Waals surface area contributed by atoms with E-state index in [0.717, 1.165) is 18.2 Å². The van der Waals surface area contributed by atoms with Crippen molar-refractivity contribution < 1.29 is 40.6 Å². The van der Waals surface area contributed by atoms with Gasteiger partial charge in [0.1, 0.15) is 5.75 Å². The van der Waals surface area contributed by atoms with Gasteiger partial charge in [-0.2, -0.15) is 30.7 Å². The average Bonchev–Trinajstić information content (AvgIpc) is 2.35. The van der Waals surface area contributed by atoms with Crippen molar-refractivity contribution in [3.05, 3.63) is 29.8 Å². The van der Waals surface area contributed by atoms with Gasteiger partial charge in [0.05, 0.1) is 6.04 Å². The van der Waals surface area contributed by atoms with Crippen molar-refractivity contribution in [2.45, 2.75) is 30.9 Å². The summed E-state index contributed by atoms with van der Waals surface area (Å²) in [5, 5.41) is 8.96. The van der Waals surface area contributed by atoms with Crippen molar-refractivity contribution in [2.24, 2.45) is 5.73 Å². The van der Waals surface area contributed by atoms with Gasteiger partial charge in [-0.15, -0.1) is 0 Å². The molecule has 0 bridgehead atoms. The van der Waals surface area contributed by atoms with Crippen LogP contribution >= 0.6 is 0 Å². The Hall–Kier alpha value is -1.55. The van der Waals surface area contributed by atoms with Gasteiger partial charge >= 0.3 is 18.7 Å². The lowest BCUT2D eigenvalue weighted by molar-refractivity contribution is -0.253. The Bertz CT molecular complexity index is 478. The van der Waals surface area contributed by atoms with Crippen LogP contribution in [0.4, 0.5) is 30.7 Å². The Morgan fingerprint density at radius 3 is 2.14 bits per heavy atom. The largest absolute Gasteiger partial charge is 0.461 e. The Labute approximate surface area is 114 Å². The maximum absolute atomic E-state index is 12.7. The summed E-state index contributed by atoms with van der Waals surface area (Å²) in [7, 11) is 0. The van der Waals surface area contributed by atoms with Gasteiger partial charge in [-0.05, 0) is 17.7 Å². The standard InChI is InChI=1S/C11H10F7NO2/c12-9(13)11(17,18)21-6-3-1-2-5(4-6)7(19)8(20)10(14,15)16/h1-4,7-9,20H,19H2/t7-,8-/m0/s1. The molecular weight excluding hydrogens is 311 g/mol. The van der Waals surface area contributed by atoms with Crippen molar-refractivity contribution >= 4 is 0 Å². The van der Waals surface area contributed by atoms with Crippen LogP contribution in [0.5, 0.6) is 5.75 Å². The van der Waals surface area contributed by atoms with Crippen LogP contribution in [0.1, 0.15) is 11.6 Å². The van der Waals surface area contributed by atoms with E-state index in [2.05, 4.69) is 4.74 Å². The molecule has 0 aliphatic carbocycles. The van der Waals surface area contributed by atoms with Crippen LogP contribution < -0.4 is 10.5 Å². The highest BCUT2D eigenvalue weighted by Crippen LogP contribution is 2.32. The van der Waals surface area contributed by atoms with Crippen LogP contribution in [-0.2, 0) is 0 Å². The van der Waals surface area contributed by atoms with E-state index in [0.29, 0.717) is 6.07 Å². The molecule has 0 aliphatic heterocycles. The van der Waals surface area contributed by atoms with Crippen LogP contribution in [0.25, 0.3) is 0 Å². The second-order valence-corrected chi connectivity index (χ2v) is 4.05. The lowest BCUT2D eigenvalue weighted by atomic mass is 10.0. The molecule has 0 unspecified atom stereocenters. The number of aliphatic hydroxyl groups excluding tert-OH is 1. The fourth-order valence-corrected chi connectivity index (χ4v) is 1.37. The molecule has 0 spiro atoms. The van der Waals surface area contributed by atoms with E-state index in [4.69, 9.17) is 10.8 Å². The number of benzene rings is 1. The van der Waals surface area contributed by atoms with Gasteiger partial charge in [-0.25, -0.2) is 0 Å². The molecule has 21 heavy (non-hydrogen) atoms. The first-order valence-electron chi connectivity index (χ1n) is 5.40. The first-order chi connectivity index (χ1) is 9.45. The Kier molecular flexibility index (Phi) is 5.05. The van der Waals surface area contributed by atoms with Crippen molar-refractivity contribution in [3.8, 4) is 5.75 Å². The minimum Gasteiger partial charge on any atom is -0.428 e. The zero-order chi connectivity index (χ0) is 16.4. The number of hydrogen-bond acceptors (Lipinski definition) is 3. The summed E-state index contributed by atoms with van der Waals surface area (Å²) in [6.07, 6.45) is -16.9. The van der Waals surface area contributed by atoms with E-state index < -0.39 is 42.2 Å². The fraction of sp³-hybridized carbons (Fsp3) is 0.455. The quantitative estimate of drug-likeness (QED) is 0.820. The van der Waals surface area contributed by atoms with Crippen molar-refractivity contribution in [1.82, 2.24) is 0 Å². The summed E-state index contributed by atoms with van der Waals surface area (Å²) >= 11 is 0. The molecule has 0 saturated heterocycles. The molecule has 120 valence electrons. The summed E-state index contributed by atoms with van der Waals surface area (Å²) in [5.74, 6) is -0.803. The molecule has 0 heterocycles. The zero-order valence-electron chi connectivity index (χ0n) is 10.1. The van der Waals surface area contributed by atoms with Crippen LogP contribution in [0.15, 0.2) is 24.3 Å². The fourth-order valence-electron chi connectivity index (χ4n) is 1.37. The topological polar surface area (TPSA) is 55.5 Å². The number of ether oxygens (including phenoxy) is 1. The second-order valence-electron chi connectivity index (χ2n) is 4.05. The van der Waals surface area contributed by atoms with E-state index in [1.165, 1.54) is 0 Å². The number of nitrogens with two attached hydrogens (primary N) is 1. The highest BCUT2D eigenvalue weighted by molar-refractivity contribution is 5.31. The Morgan fingerprint density at radius 2 is 1.67 bits per heavy atom. The lowest BCUT2D eigenvalue weighted by Gasteiger charge is -2.22. The second kappa shape index (κ2) is 6.06. The first kappa shape index (κ1) is 17.5. The number of aliphatic hydroxyl groups is 1. The lowest BCUT2D eigenvalue weighted by Crippen LogP contribution is -2.39. The van der Waals surface area contributed by atoms with Crippen molar-refractivity contribution in [3.63, 3.8) is 0 Å². The average molecular weight is 321 g/mol. The van der Waals surface area contributed by atoms with Crippen LogP contribution in [0, 0.1) is 0 Å². The molecule has 1 rings (SSSR count). The third-order valence-electron chi connectivity index (χ3n) is 2.43. The van der Waals surface area contributed by atoms with Gasteiger partial charge in [-0.1, -0.05) is 12.1 Å². The summed E-state index contributed by atoms with van der Waals surface area (Å²) in [6, 6.07) is 1.47.